The number of nitrogens with zero attached hydrogens (tertiary/aromatic N) is 1. The van der Waals surface area contributed by atoms with Gasteiger partial charge in [-0.3, -0.25) is 9.69 Å². The van der Waals surface area contributed by atoms with Gasteiger partial charge in [0.15, 0.2) is 0 Å². The lowest BCUT2D eigenvalue weighted by Gasteiger charge is -2.42. The zero-order chi connectivity index (χ0) is 17.4. The second-order valence-electron chi connectivity index (χ2n) is 6.69. The summed E-state index contributed by atoms with van der Waals surface area (Å²) in [5.74, 6) is -1.90. The Morgan fingerprint density at radius 1 is 1.17 bits per heavy atom. The minimum atomic E-state index is -2.87. The molecule has 0 unspecified atom stereocenters. The van der Waals surface area contributed by atoms with E-state index >= 15 is 0 Å². The minimum absolute atomic E-state index is 0.255. The molecule has 5 nitrogen and oxygen atoms in total. The molecule has 0 saturated carbocycles. The molecule has 1 aromatic carbocycles. The third-order valence-corrected chi connectivity index (χ3v) is 4.77. The van der Waals surface area contributed by atoms with Gasteiger partial charge in [-0.1, -0.05) is 0 Å². The number of carbonyl (C=O) groups excluding carboxylic acids is 1. The molecule has 3 rings (SSSR count). The normalized spacial score (nSPS) is 26.4. The third-order valence-electron chi connectivity index (χ3n) is 4.77. The number of amides is 1. The van der Waals surface area contributed by atoms with Crippen LogP contribution in [0, 0.1) is 5.41 Å². The number of halogens is 2. The molecular weight excluding hydrogens is 318 g/mol. The predicted molar refractivity (Wildman–Crippen MR) is 84.4 cm³/mol. The topological polar surface area (TPSA) is 50.8 Å². The lowest BCUT2D eigenvalue weighted by Crippen LogP contribution is -2.54. The molecule has 1 aromatic rings. The molecule has 2 heterocycles. The number of nitrogens with one attached hydrogen (secondary N) is 1. The van der Waals surface area contributed by atoms with E-state index in [1.54, 1.807) is 37.3 Å². The Balaban J connectivity index is 1.83. The number of ether oxygens (including phenoxy) is 2. The third kappa shape index (κ3) is 3.31. The molecule has 0 bridgehead atoms. The first-order valence-corrected chi connectivity index (χ1v) is 7.96. The molecule has 2 fully saturated rings. The first kappa shape index (κ1) is 17.0. The number of rotatable bonds is 4. The van der Waals surface area contributed by atoms with Gasteiger partial charge in [-0.2, -0.15) is 0 Å². The first-order chi connectivity index (χ1) is 11.4. The van der Waals surface area contributed by atoms with E-state index < -0.39 is 11.3 Å². The summed E-state index contributed by atoms with van der Waals surface area (Å²) in [6, 6.07) is 5.34. The summed E-state index contributed by atoms with van der Waals surface area (Å²) in [6.07, 6.45) is 0.0864. The van der Waals surface area contributed by atoms with Crippen molar-refractivity contribution in [2.75, 3.05) is 33.9 Å². The molecule has 0 radical (unpaired) electrons. The number of benzene rings is 1. The highest BCUT2D eigenvalue weighted by Crippen LogP contribution is 2.43. The lowest BCUT2D eigenvalue weighted by molar-refractivity contribution is -0.149. The van der Waals surface area contributed by atoms with Gasteiger partial charge in [0, 0.05) is 32.1 Å². The van der Waals surface area contributed by atoms with Crippen LogP contribution in [-0.2, 0) is 11.3 Å². The Labute approximate surface area is 139 Å². The summed E-state index contributed by atoms with van der Waals surface area (Å²) in [6.45, 7) is 0.781. The van der Waals surface area contributed by atoms with Gasteiger partial charge in [-0.25, -0.2) is 8.78 Å². The minimum Gasteiger partial charge on any atom is -0.497 e. The highest BCUT2D eigenvalue weighted by Gasteiger charge is 2.54. The van der Waals surface area contributed by atoms with Crippen molar-refractivity contribution < 1.29 is 23.0 Å². The Bertz CT molecular complexity index is 616. The summed E-state index contributed by atoms with van der Waals surface area (Å²) >= 11 is 0. The number of hydrogen-bond donors (Lipinski definition) is 1. The molecule has 1 atom stereocenters. The average molecular weight is 340 g/mol. The van der Waals surface area contributed by atoms with Gasteiger partial charge >= 0.3 is 0 Å². The fourth-order valence-corrected chi connectivity index (χ4v) is 3.78. The monoisotopic (exact) mass is 340 g/mol. The molecule has 7 heteroatoms. The molecule has 2 aliphatic rings. The van der Waals surface area contributed by atoms with Crippen molar-refractivity contribution in [3.8, 4) is 11.5 Å². The number of alkyl halides is 2. The quantitative estimate of drug-likeness (QED) is 0.911. The molecule has 132 valence electrons. The van der Waals surface area contributed by atoms with E-state index in [1.807, 2.05) is 0 Å². The fourth-order valence-electron chi connectivity index (χ4n) is 3.78. The zero-order valence-corrected chi connectivity index (χ0v) is 13.9. The molecule has 2 aliphatic heterocycles. The fraction of sp³-hybridized carbons (Fsp3) is 0.588. The van der Waals surface area contributed by atoms with Gasteiger partial charge in [0.1, 0.15) is 11.5 Å². The number of carbonyl (C=O) groups is 1. The van der Waals surface area contributed by atoms with E-state index in [9.17, 15) is 13.6 Å². The SMILES string of the molecule is COc1cc(CN2CC(F)(F)C[C@@]3(CCNC3=O)C2)cc(OC)c1. The van der Waals surface area contributed by atoms with E-state index in [4.69, 9.17) is 9.47 Å². The summed E-state index contributed by atoms with van der Waals surface area (Å²) < 4.78 is 38.9. The highest BCUT2D eigenvalue weighted by molar-refractivity contribution is 5.85. The van der Waals surface area contributed by atoms with Gasteiger partial charge in [0.25, 0.3) is 5.92 Å². The molecule has 0 aliphatic carbocycles. The number of piperidine rings is 1. The maximum Gasteiger partial charge on any atom is 0.261 e. The van der Waals surface area contributed by atoms with Crippen molar-refractivity contribution >= 4 is 5.91 Å². The molecule has 1 spiro atoms. The molecule has 1 N–H and O–H groups in total. The van der Waals surface area contributed by atoms with Gasteiger partial charge in [-0.05, 0) is 24.1 Å². The molecular formula is C17H22F2N2O3. The van der Waals surface area contributed by atoms with E-state index in [2.05, 4.69) is 5.32 Å². The largest absolute Gasteiger partial charge is 0.497 e. The van der Waals surface area contributed by atoms with Crippen LogP contribution in [0.15, 0.2) is 18.2 Å². The first-order valence-electron chi connectivity index (χ1n) is 7.96. The van der Waals surface area contributed by atoms with Crippen LogP contribution in [0.3, 0.4) is 0 Å². The molecule has 24 heavy (non-hydrogen) atoms. The van der Waals surface area contributed by atoms with Crippen LogP contribution in [0.2, 0.25) is 0 Å². The second kappa shape index (κ2) is 6.20. The number of hydrogen-bond acceptors (Lipinski definition) is 4. The zero-order valence-electron chi connectivity index (χ0n) is 13.9. The molecule has 0 aromatic heterocycles. The van der Waals surface area contributed by atoms with Crippen LogP contribution >= 0.6 is 0 Å². The van der Waals surface area contributed by atoms with Gasteiger partial charge < -0.3 is 14.8 Å². The van der Waals surface area contributed by atoms with Crippen LogP contribution in [0.5, 0.6) is 11.5 Å². The van der Waals surface area contributed by atoms with E-state index in [1.165, 1.54) is 0 Å². The number of methoxy groups -OCH3 is 2. The smallest absolute Gasteiger partial charge is 0.261 e. The predicted octanol–water partition coefficient (Wildman–Crippen LogP) is 2.05. The van der Waals surface area contributed by atoms with Gasteiger partial charge in [-0.15, -0.1) is 0 Å². The molecule has 1 amide bonds. The van der Waals surface area contributed by atoms with Crippen LogP contribution in [0.25, 0.3) is 0 Å². The van der Waals surface area contributed by atoms with Gasteiger partial charge in [0.2, 0.25) is 5.91 Å². The molecule has 2 saturated heterocycles. The highest BCUT2D eigenvalue weighted by atomic mass is 19.3. The van der Waals surface area contributed by atoms with Gasteiger partial charge in [0.05, 0.1) is 26.2 Å². The average Bonchev–Trinajstić information content (AvgIpc) is 2.84. The van der Waals surface area contributed by atoms with E-state index in [0.29, 0.717) is 37.6 Å². The second-order valence-corrected chi connectivity index (χ2v) is 6.69. The Morgan fingerprint density at radius 2 is 1.83 bits per heavy atom. The summed E-state index contributed by atoms with van der Waals surface area (Å²) in [7, 11) is 3.09. The summed E-state index contributed by atoms with van der Waals surface area (Å²) in [5.41, 5.74) is -0.164. The lowest BCUT2D eigenvalue weighted by atomic mass is 9.77. The van der Waals surface area contributed by atoms with Crippen molar-refractivity contribution in [1.29, 1.82) is 0 Å². The van der Waals surface area contributed by atoms with E-state index in [0.717, 1.165) is 5.56 Å². The summed E-state index contributed by atoms with van der Waals surface area (Å²) in [4.78, 5) is 13.8. The van der Waals surface area contributed by atoms with Crippen molar-refractivity contribution in [3.05, 3.63) is 23.8 Å². The van der Waals surface area contributed by atoms with Crippen LogP contribution in [0.4, 0.5) is 8.78 Å². The van der Waals surface area contributed by atoms with Crippen LogP contribution in [0.1, 0.15) is 18.4 Å². The Kier molecular flexibility index (Phi) is 4.38. The van der Waals surface area contributed by atoms with E-state index in [-0.39, 0.29) is 18.9 Å². The standard InChI is InChI=1S/C17H22F2N2O3/c1-23-13-5-12(6-14(7-13)24-2)8-21-10-16(3-4-20-15(16)22)9-17(18,19)11-21/h5-7H,3-4,8-11H2,1-2H3,(H,20,22)/t16-/m0/s1. The van der Waals surface area contributed by atoms with Crippen molar-refractivity contribution in [2.24, 2.45) is 5.41 Å². The van der Waals surface area contributed by atoms with Crippen LogP contribution in [-0.4, -0.2) is 50.6 Å². The maximum absolute atomic E-state index is 14.2. The van der Waals surface area contributed by atoms with Crippen molar-refractivity contribution in [1.82, 2.24) is 10.2 Å². The maximum atomic E-state index is 14.2. The Hall–Kier alpha value is -1.89. The number of likely N-dealkylation sites (tertiary alicyclic amines) is 1. The van der Waals surface area contributed by atoms with Crippen LogP contribution < -0.4 is 14.8 Å². The summed E-state index contributed by atoms with van der Waals surface area (Å²) in [5, 5.41) is 2.70. The van der Waals surface area contributed by atoms with Crippen molar-refractivity contribution in [3.63, 3.8) is 0 Å². The van der Waals surface area contributed by atoms with Crippen molar-refractivity contribution in [2.45, 2.75) is 25.3 Å². The Morgan fingerprint density at radius 3 is 2.38 bits per heavy atom.